The molecule has 2 saturated heterocycles. The zero-order valence-electron chi connectivity index (χ0n) is 17.2. The first-order valence-corrected chi connectivity index (χ1v) is 10.5. The number of rotatable bonds is 3. The molecule has 1 amide bonds. The molecule has 2 N–H and O–H groups in total. The number of anilines is 2. The van der Waals surface area contributed by atoms with Gasteiger partial charge in [0, 0.05) is 37.1 Å². The standard InChI is InChI=1S/C24H26N4O2/c1-16-4-2-5-19(24(29)28-8-3-9-28)22(16)17-6-7-20-18(14-17)15-21(23(25)26-20)27-10-12-30-13-11-27/h2,4-7,14-15H,3,8-13H2,1H3,(H2,25,26). The fraction of sp³-hybridized carbons (Fsp3) is 0.333. The second-order valence-electron chi connectivity index (χ2n) is 8.04. The normalized spacial score (nSPS) is 16.6. The van der Waals surface area contributed by atoms with E-state index in [4.69, 9.17) is 10.5 Å². The Morgan fingerprint density at radius 2 is 1.87 bits per heavy atom. The van der Waals surface area contributed by atoms with Crippen LogP contribution in [-0.4, -0.2) is 55.2 Å². The van der Waals surface area contributed by atoms with E-state index in [-0.39, 0.29) is 5.91 Å². The van der Waals surface area contributed by atoms with Crippen LogP contribution in [0.1, 0.15) is 22.3 Å². The molecule has 0 saturated carbocycles. The Hall–Kier alpha value is -3.12. The summed E-state index contributed by atoms with van der Waals surface area (Å²) in [7, 11) is 0. The zero-order valence-corrected chi connectivity index (χ0v) is 17.2. The highest BCUT2D eigenvalue weighted by Crippen LogP contribution is 2.34. The molecule has 3 aromatic rings. The number of fused-ring (bicyclic) bond motifs is 1. The molecular weight excluding hydrogens is 376 g/mol. The van der Waals surface area contributed by atoms with E-state index in [1.165, 1.54) is 0 Å². The number of ether oxygens (including phenoxy) is 1. The maximum Gasteiger partial charge on any atom is 0.254 e. The predicted octanol–water partition coefficient (Wildman–Crippen LogP) is 3.47. The molecule has 0 radical (unpaired) electrons. The lowest BCUT2D eigenvalue weighted by atomic mass is 9.92. The molecule has 2 fully saturated rings. The Kier molecular flexibility index (Phi) is 4.79. The number of hydrogen-bond donors (Lipinski definition) is 1. The Bertz CT molecular complexity index is 1120. The van der Waals surface area contributed by atoms with Crippen molar-refractivity contribution in [1.82, 2.24) is 9.88 Å². The van der Waals surface area contributed by atoms with Crippen LogP contribution in [0, 0.1) is 6.92 Å². The lowest BCUT2D eigenvalue weighted by Crippen LogP contribution is -2.42. The molecule has 0 unspecified atom stereocenters. The average molecular weight is 402 g/mol. The van der Waals surface area contributed by atoms with Gasteiger partial charge in [0.05, 0.1) is 24.4 Å². The van der Waals surface area contributed by atoms with Crippen molar-refractivity contribution in [2.45, 2.75) is 13.3 Å². The minimum absolute atomic E-state index is 0.115. The van der Waals surface area contributed by atoms with E-state index in [1.807, 2.05) is 29.2 Å². The van der Waals surface area contributed by atoms with E-state index in [2.05, 4.69) is 35.0 Å². The Morgan fingerprint density at radius 3 is 2.60 bits per heavy atom. The van der Waals surface area contributed by atoms with E-state index >= 15 is 0 Å². The number of aryl methyl sites for hydroxylation is 1. The molecular formula is C24H26N4O2. The van der Waals surface area contributed by atoms with Crippen LogP contribution in [0.5, 0.6) is 0 Å². The van der Waals surface area contributed by atoms with Crippen LogP contribution in [-0.2, 0) is 4.74 Å². The number of aromatic nitrogens is 1. The molecule has 0 aliphatic carbocycles. The summed E-state index contributed by atoms with van der Waals surface area (Å²) in [5, 5.41) is 1.02. The molecule has 154 valence electrons. The van der Waals surface area contributed by atoms with Crippen LogP contribution in [0.2, 0.25) is 0 Å². The van der Waals surface area contributed by atoms with Crippen molar-refractivity contribution in [2.24, 2.45) is 0 Å². The van der Waals surface area contributed by atoms with Crippen LogP contribution in [0.3, 0.4) is 0 Å². The minimum Gasteiger partial charge on any atom is -0.382 e. The maximum absolute atomic E-state index is 13.0. The van der Waals surface area contributed by atoms with Gasteiger partial charge in [0.25, 0.3) is 5.91 Å². The molecule has 0 bridgehead atoms. The summed E-state index contributed by atoms with van der Waals surface area (Å²) in [6.07, 6.45) is 1.08. The van der Waals surface area contributed by atoms with Crippen molar-refractivity contribution in [3.63, 3.8) is 0 Å². The highest BCUT2D eigenvalue weighted by atomic mass is 16.5. The highest BCUT2D eigenvalue weighted by molar-refractivity contribution is 6.03. The minimum atomic E-state index is 0.115. The average Bonchev–Trinajstić information content (AvgIpc) is 2.72. The maximum atomic E-state index is 13.0. The number of benzene rings is 2. The van der Waals surface area contributed by atoms with Crippen molar-refractivity contribution >= 4 is 28.3 Å². The number of morpholine rings is 1. The third-order valence-corrected chi connectivity index (χ3v) is 6.11. The van der Waals surface area contributed by atoms with Crippen molar-refractivity contribution in [2.75, 3.05) is 50.0 Å². The number of likely N-dealkylation sites (tertiary alicyclic amines) is 1. The summed E-state index contributed by atoms with van der Waals surface area (Å²) in [5.74, 6) is 0.658. The third-order valence-electron chi connectivity index (χ3n) is 6.11. The molecule has 3 heterocycles. The fourth-order valence-electron chi connectivity index (χ4n) is 4.31. The van der Waals surface area contributed by atoms with E-state index in [0.29, 0.717) is 19.0 Å². The summed E-state index contributed by atoms with van der Waals surface area (Å²) < 4.78 is 5.47. The van der Waals surface area contributed by atoms with Crippen LogP contribution in [0.4, 0.5) is 11.5 Å². The largest absolute Gasteiger partial charge is 0.382 e. The Labute approximate surface area is 176 Å². The molecule has 6 heteroatoms. The lowest BCUT2D eigenvalue weighted by molar-refractivity contribution is 0.0652. The van der Waals surface area contributed by atoms with E-state index < -0.39 is 0 Å². The molecule has 30 heavy (non-hydrogen) atoms. The molecule has 2 aliphatic heterocycles. The molecule has 0 atom stereocenters. The van der Waals surface area contributed by atoms with Gasteiger partial charge in [-0.2, -0.15) is 0 Å². The predicted molar refractivity (Wildman–Crippen MR) is 120 cm³/mol. The van der Waals surface area contributed by atoms with Gasteiger partial charge in [-0.15, -0.1) is 0 Å². The number of nitrogens with zero attached hydrogens (tertiary/aromatic N) is 3. The second-order valence-corrected chi connectivity index (χ2v) is 8.04. The number of carbonyl (C=O) groups is 1. The Morgan fingerprint density at radius 1 is 1.07 bits per heavy atom. The number of carbonyl (C=O) groups excluding carboxylic acids is 1. The first kappa shape index (κ1) is 18.9. The van der Waals surface area contributed by atoms with Gasteiger partial charge in [0.2, 0.25) is 0 Å². The first-order valence-electron chi connectivity index (χ1n) is 10.5. The molecule has 2 aliphatic rings. The number of nitrogen functional groups attached to an aromatic ring is 1. The number of hydrogen-bond acceptors (Lipinski definition) is 5. The molecule has 0 spiro atoms. The summed E-state index contributed by atoms with van der Waals surface area (Å²) in [6.45, 7) is 6.76. The number of nitrogens with two attached hydrogens (primary N) is 1. The number of pyridine rings is 1. The summed E-state index contributed by atoms with van der Waals surface area (Å²) in [6, 6.07) is 14.2. The first-order chi connectivity index (χ1) is 14.6. The van der Waals surface area contributed by atoms with Gasteiger partial charge in [0.1, 0.15) is 5.82 Å². The van der Waals surface area contributed by atoms with Crippen molar-refractivity contribution < 1.29 is 9.53 Å². The van der Waals surface area contributed by atoms with E-state index in [1.54, 1.807) is 0 Å². The number of amides is 1. The monoisotopic (exact) mass is 402 g/mol. The topological polar surface area (TPSA) is 71.7 Å². The van der Waals surface area contributed by atoms with E-state index in [0.717, 1.165) is 71.4 Å². The lowest BCUT2D eigenvalue weighted by Gasteiger charge is -2.32. The van der Waals surface area contributed by atoms with Crippen LogP contribution < -0.4 is 10.6 Å². The fourth-order valence-corrected chi connectivity index (χ4v) is 4.31. The van der Waals surface area contributed by atoms with Gasteiger partial charge in [-0.25, -0.2) is 4.98 Å². The molecule has 5 rings (SSSR count). The molecule has 1 aromatic heterocycles. The van der Waals surface area contributed by atoms with Gasteiger partial charge in [-0.05, 0) is 54.3 Å². The quantitative estimate of drug-likeness (QED) is 0.726. The summed E-state index contributed by atoms with van der Waals surface area (Å²) >= 11 is 0. The van der Waals surface area contributed by atoms with Gasteiger partial charge < -0.3 is 20.3 Å². The Balaban J connectivity index is 1.60. The van der Waals surface area contributed by atoms with Crippen molar-refractivity contribution in [3.05, 3.63) is 53.6 Å². The van der Waals surface area contributed by atoms with Gasteiger partial charge >= 0.3 is 0 Å². The molecule has 6 nitrogen and oxygen atoms in total. The SMILES string of the molecule is Cc1cccc(C(=O)N2CCC2)c1-c1ccc2nc(N)c(N3CCOCC3)cc2c1. The van der Waals surface area contributed by atoms with Crippen LogP contribution >= 0.6 is 0 Å². The highest BCUT2D eigenvalue weighted by Gasteiger charge is 2.25. The van der Waals surface area contributed by atoms with E-state index in [9.17, 15) is 4.79 Å². The third kappa shape index (κ3) is 3.27. The second kappa shape index (κ2) is 7.61. The van der Waals surface area contributed by atoms with Crippen LogP contribution in [0.15, 0.2) is 42.5 Å². The van der Waals surface area contributed by atoms with Crippen molar-refractivity contribution in [1.29, 1.82) is 0 Å². The van der Waals surface area contributed by atoms with Crippen molar-refractivity contribution in [3.8, 4) is 11.1 Å². The smallest absolute Gasteiger partial charge is 0.254 e. The van der Waals surface area contributed by atoms with Crippen LogP contribution in [0.25, 0.3) is 22.0 Å². The van der Waals surface area contributed by atoms with Gasteiger partial charge in [-0.3, -0.25) is 4.79 Å². The summed E-state index contributed by atoms with van der Waals surface area (Å²) in [5.41, 5.74) is 12.0. The zero-order chi connectivity index (χ0) is 20.7. The van der Waals surface area contributed by atoms with Gasteiger partial charge in [0.15, 0.2) is 0 Å². The van der Waals surface area contributed by atoms with Gasteiger partial charge in [-0.1, -0.05) is 18.2 Å². The molecule has 2 aromatic carbocycles. The summed E-state index contributed by atoms with van der Waals surface area (Å²) in [4.78, 5) is 21.8.